The third-order valence-corrected chi connectivity index (χ3v) is 4.84. The Bertz CT molecular complexity index is 408. The molecule has 2 atom stereocenters. The highest BCUT2D eigenvalue weighted by Crippen LogP contribution is 2.34. The largest absolute Gasteiger partial charge is 0.496 e. The van der Waals surface area contributed by atoms with Gasteiger partial charge in [0.15, 0.2) is 0 Å². The molecule has 1 fully saturated rings. The average molecular weight is 326 g/mol. The van der Waals surface area contributed by atoms with E-state index in [1.165, 1.54) is 37.7 Å². The fourth-order valence-electron chi connectivity index (χ4n) is 3.23. The predicted molar refractivity (Wildman–Crippen MR) is 83.5 cm³/mol. The minimum Gasteiger partial charge on any atom is -0.496 e. The number of halogens is 1. The lowest BCUT2D eigenvalue weighted by molar-refractivity contribution is 0.313. The summed E-state index contributed by atoms with van der Waals surface area (Å²) in [4.78, 5) is 0. The second-order valence-corrected chi connectivity index (χ2v) is 6.47. The molecule has 1 aromatic rings. The van der Waals surface area contributed by atoms with Crippen LogP contribution in [0.25, 0.3) is 0 Å². The van der Waals surface area contributed by atoms with E-state index in [1.54, 1.807) is 7.11 Å². The average Bonchev–Trinajstić information content (AvgIpc) is 2.64. The van der Waals surface area contributed by atoms with Crippen LogP contribution in [0.15, 0.2) is 22.7 Å². The first-order valence-electron chi connectivity index (χ1n) is 7.27. The molecular weight excluding hydrogens is 302 g/mol. The van der Waals surface area contributed by atoms with E-state index in [9.17, 15) is 0 Å². The van der Waals surface area contributed by atoms with Crippen LogP contribution in [0.4, 0.5) is 0 Å². The van der Waals surface area contributed by atoms with Crippen LogP contribution >= 0.6 is 15.9 Å². The zero-order chi connectivity index (χ0) is 13.7. The van der Waals surface area contributed by atoms with Crippen molar-refractivity contribution in [2.45, 2.75) is 38.5 Å². The zero-order valence-corrected chi connectivity index (χ0v) is 13.3. The van der Waals surface area contributed by atoms with Crippen LogP contribution in [0, 0.1) is 11.8 Å². The van der Waals surface area contributed by atoms with Crippen LogP contribution in [0.2, 0.25) is 0 Å². The Kier molecular flexibility index (Phi) is 5.71. The molecule has 2 N–H and O–H groups in total. The van der Waals surface area contributed by atoms with E-state index >= 15 is 0 Å². The van der Waals surface area contributed by atoms with E-state index in [1.807, 2.05) is 12.1 Å². The van der Waals surface area contributed by atoms with Crippen LogP contribution < -0.4 is 10.5 Å². The Morgan fingerprint density at radius 2 is 1.95 bits per heavy atom. The lowest BCUT2D eigenvalue weighted by atomic mass is 9.83. The van der Waals surface area contributed by atoms with Gasteiger partial charge in [-0.05, 0) is 61.4 Å². The predicted octanol–water partition coefficient (Wildman–Crippen LogP) is 4.16. The molecule has 2 nitrogen and oxygen atoms in total. The molecule has 19 heavy (non-hydrogen) atoms. The normalized spacial score (nSPS) is 23.9. The molecule has 2 rings (SSSR count). The van der Waals surface area contributed by atoms with Crippen LogP contribution in [0.1, 0.15) is 37.7 Å². The molecule has 0 bridgehead atoms. The van der Waals surface area contributed by atoms with Gasteiger partial charge in [-0.1, -0.05) is 35.2 Å². The first-order chi connectivity index (χ1) is 9.24. The second-order valence-electron chi connectivity index (χ2n) is 5.55. The monoisotopic (exact) mass is 325 g/mol. The summed E-state index contributed by atoms with van der Waals surface area (Å²) in [5.74, 6) is 2.38. The van der Waals surface area contributed by atoms with Gasteiger partial charge in [0.25, 0.3) is 0 Å². The van der Waals surface area contributed by atoms with Gasteiger partial charge >= 0.3 is 0 Å². The van der Waals surface area contributed by atoms with Crippen molar-refractivity contribution in [3.8, 4) is 5.75 Å². The minimum absolute atomic E-state index is 0.672. The van der Waals surface area contributed by atoms with Crippen molar-refractivity contribution >= 4 is 15.9 Å². The number of hydrogen-bond acceptors (Lipinski definition) is 2. The standard InChI is InChI=1S/C16H24BrNO/c1-19-16-8-7-15(17)10-14(16)9-12-5-3-2-4-6-13(12)11-18/h7-8,10,12-13H,2-6,9,11,18H2,1H3. The highest BCUT2D eigenvalue weighted by molar-refractivity contribution is 9.10. The molecule has 0 saturated heterocycles. The maximum absolute atomic E-state index is 5.98. The van der Waals surface area contributed by atoms with Gasteiger partial charge in [-0.2, -0.15) is 0 Å². The van der Waals surface area contributed by atoms with E-state index in [0.29, 0.717) is 11.8 Å². The molecule has 0 radical (unpaired) electrons. The molecular formula is C16H24BrNO. The summed E-state index contributed by atoms with van der Waals surface area (Å²) in [6, 6.07) is 6.28. The lowest BCUT2D eigenvalue weighted by Crippen LogP contribution is -2.24. The molecule has 0 heterocycles. The van der Waals surface area contributed by atoms with Gasteiger partial charge in [-0.15, -0.1) is 0 Å². The smallest absolute Gasteiger partial charge is 0.122 e. The molecule has 1 saturated carbocycles. The molecule has 0 amide bonds. The Balaban J connectivity index is 2.15. The van der Waals surface area contributed by atoms with E-state index in [4.69, 9.17) is 10.5 Å². The molecule has 3 heteroatoms. The lowest BCUT2D eigenvalue weighted by Gasteiger charge is -2.24. The van der Waals surface area contributed by atoms with Gasteiger partial charge in [0.2, 0.25) is 0 Å². The molecule has 1 aromatic carbocycles. The molecule has 0 aromatic heterocycles. The van der Waals surface area contributed by atoms with Gasteiger partial charge in [-0.3, -0.25) is 0 Å². The van der Waals surface area contributed by atoms with Crippen LogP contribution in [-0.4, -0.2) is 13.7 Å². The Morgan fingerprint density at radius 1 is 1.21 bits per heavy atom. The van der Waals surface area contributed by atoms with E-state index < -0.39 is 0 Å². The Hall–Kier alpha value is -0.540. The summed E-state index contributed by atoms with van der Waals surface area (Å²) in [5, 5.41) is 0. The SMILES string of the molecule is COc1ccc(Br)cc1CC1CCCCCC1CN. The van der Waals surface area contributed by atoms with E-state index in [-0.39, 0.29) is 0 Å². The topological polar surface area (TPSA) is 35.2 Å². The summed E-state index contributed by atoms with van der Waals surface area (Å²) in [7, 11) is 1.75. The number of nitrogens with two attached hydrogens (primary N) is 1. The van der Waals surface area contributed by atoms with E-state index in [2.05, 4.69) is 22.0 Å². The minimum atomic E-state index is 0.672. The molecule has 0 aliphatic heterocycles. The molecule has 106 valence electrons. The van der Waals surface area contributed by atoms with Crippen molar-refractivity contribution in [2.24, 2.45) is 17.6 Å². The summed E-state index contributed by atoms with van der Waals surface area (Å²) in [5.41, 5.74) is 7.28. The maximum Gasteiger partial charge on any atom is 0.122 e. The zero-order valence-electron chi connectivity index (χ0n) is 11.7. The fraction of sp³-hybridized carbons (Fsp3) is 0.625. The fourth-order valence-corrected chi connectivity index (χ4v) is 3.64. The number of hydrogen-bond donors (Lipinski definition) is 1. The van der Waals surface area contributed by atoms with Crippen molar-refractivity contribution in [1.29, 1.82) is 0 Å². The van der Waals surface area contributed by atoms with E-state index in [0.717, 1.165) is 23.2 Å². The summed E-state index contributed by atoms with van der Waals surface area (Å²) in [6.45, 7) is 0.820. The van der Waals surface area contributed by atoms with Crippen LogP contribution in [0.5, 0.6) is 5.75 Å². The van der Waals surface area contributed by atoms with Crippen LogP contribution in [0.3, 0.4) is 0 Å². The van der Waals surface area contributed by atoms with Gasteiger partial charge in [0.05, 0.1) is 7.11 Å². The molecule has 2 unspecified atom stereocenters. The first-order valence-corrected chi connectivity index (χ1v) is 8.06. The van der Waals surface area contributed by atoms with Crippen molar-refractivity contribution in [3.05, 3.63) is 28.2 Å². The molecule has 1 aliphatic carbocycles. The van der Waals surface area contributed by atoms with Crippen molar-refractivity contribution in [2.75, 3.05) is 13.7 Å². The Morgan fingerprint density at radius 3 is 2.63 bits per heavy atom. The third-order valence-electron chi connectivity index (χ3n) is 4.34. The van der Waals surface area contributed by atoms with Gasteiger partial charge in [0.1, 0.15) is 5.75 Å². The highest BCUT2D eigenvalue weighted by atomic mass is 79.9. The Labute approximate surface area is 124 Å². The number of ether oxygens (including phenoxy) is 1. The molecule has 1 aliphatic rings. The number of rotatable bonds is 4. The number of methoxy groups -OCH3 is 1. The second kappa shape index (κ2) is 7.30. The van der Waals surface area contributed by atoms with Crippen molar-refractivity contribution < 1.29 is 4.74 Å². The quantitative estimate of drug-likeness (QED) is 0.844. The first kappa shape index (κ1) is 14.9. The number of benzene rings is 1. The summed E-state index contributed by atoms with van der Waals surface area (Å²) >= 11 is 3.56. The maximum atomic E-state index is 5.98. The van der Waals surface area contributed by atoms with Gasteiger partial charge < -0.3 is 10.5 Å². The summed E-state index contributed by atoms with van der Waals surface area (Å²) < 4.78 is 6.62. The third kappa shape index (κ3) is 3.96. The van der Waals surface area contributed by atoms with Crippen molar-refractivity contribution in [3.63, 3.8) is 0 Å². The van der Waals surface area contributed by atoms with Gasteiger partial charge in [0, 0.05) is 4.47 Å². The van der Waals surface area contributed by atoms with Crippen molar-refractivity contribution in [1.82, 2.24) is 0 Å². The summed E-state index contributed by atoms with van der Waals surface area (Å²) in [6.07, 6.45) is 7.73. The highest BCUT2D eigenvalue weighted by Gasteiger charge is 2.23. The van der Waals surface area contributed by atoms with Gasteiger partial charge in [-0.25, -0.2) is 0 Å². The molecule has 0 spiro atoms. The van der Waals surface area contributed by atoms with Crippen LogP contribution in [-0.2, 0) is 6.42 Å².